The van der Waals surface area contributed by atoms with Crippen LogP contribution in [-0.2, 0) is 19.6 Å². The lowest BCUT2D eigenvalue weighted by Gasteiger charge is -2.27. The van der Waals surface area contributed by atoms with E-state index in [1.807, 2.05) is 59.3 Å². The maximum Gasteiger partial charge on any atom is 0.251 e. The molecule has 2 heterocycles. The number of aromatic nitrogens is 3. The van der Waals surface area contributed by atoms with Crippen molar-refractivity contribution in [3.05, 3.63) is 95.1 Å². The largest absolute Gasteiger partial charge is 0.348 e. The van der Waals surface area contributed by atoms with Gasteiger partial charge in [-0.2, -0.15) is 0 Å². The number of hydrogen-bond donors (Lipinski definition) is 1. The van der Waals surface area contributed by atoms with E-state index >= 15 is 0 Å². The summed E-state index contributed by atoms with van der Waals surface area (Å²) in [6.45, 7) is 4.44. The second kappa shape index (κ2) is 9.96. The van der Waals surface area contributed by atoms with Gasteiger partial charge in [-0.25, -0.2) is 4.68 Å². The van der Waals surface area contributed by atoms with E-state index in [4.69, 9.17) is 0 Å². The maximum atomic E-state index is 12.8. The summed E-state index contributed by atoms with van der Waals surface area (Å²) in [7, 11) is 0. The lowest BCUT2D eigenvalue weighted by Crippen LogP contribution is -2.30. The first-order valence-corrected chi connectivity index (χ1v) is 11.7. The van der Waals surface area contributed by atoms with E-state index in [1.165, 1.54) is 30.4 Å². The number of nitrogens with zero attached hydrogens (tertiary/aromatic N) is 4. The Morgan fingerprint density at radius 3 is 2.36 bits per heavy atom. The van der Waals surface area contributed by atoms with Crippen LogP contribution < -0.4 is 5.32 Å². The van der Waals surface area contributed by atoms with Gasteiger partial charge in [-0.1, -0.05) is 60.2 Å². The number of fused-ring (bicyclic) bond motifs is 1. The van der Waals surface area contributed by atoms with Crippen LogP contribution in [0, 0.1) is 0 Å². The molecule has 0 aliphatic carbocycles. The summed E-state index contributed by atoms with van der Waals surface area (Å²) in [4.78, 5) is 15.3. The normalized spacial score (nSPS) is 14.4. The van der Waals surface area contributed by atoms with Crippen molar-refractivity contribution in [2.75, 3.05) is 13.1 Å². The van der Waals surface area contributed by atoms with Crippen LogP contribution in [0.2, 0.25) is 0 Å². The molecule has 1 aromatic heterocycles. The van der Waals surface area contributed by atoms with E-state index < -0.39 is 0 Å². The third-order valence-corrected chi connectivity index (χ3v) is 6.37. The number of nitrogens with one attached hydrogen (secondary N) is 1. The topological polar surface area (TPSA) is 63.1 Å². The molecule has 0 atom stereocenters. The van der Waals surface area contributed by atoms with E-state index in [0.717, 1.165) is 36.2 Å². The van der Waals surface area contributed by atoms with Gasteiger partial charge in [0, 0.05) is 18.7 Å². The molecule has 0 spiro atoms. The molecule has 1 aliphatic heterocycles. The average Bonchev–Trinajstić information content (AvgIpc) is 3.27. The number of likely N-dealkylation sites (tertiary alicyclic amines) is 1. The van der Waals surface area contributed by atoms with Crippen LogP contribution in [0.5, 0.6) is 0 Å². The van der Waals surface area contributed by atoms with Crippen molar-refractivity contribution in [3.8, 4) is 0 Å². The highest BCUT2D eigenvalue weighted by Crippen LogP contribution is 2.17. The van der Waals surface area contributed by atoms with Crippen molar-refractivity contribution in [2.24, 2.45) is 0 Å². The number of rotatable bonds is 7. The van der Waals surface area contributed by atoms with E-state index in [9.17, 15) is 4.79 Å². The zero-order valence-electron chi connectivity index (χ0n) is 18.8. The Balaban J connectivity index is 1.20. The molecule has 0 radical (unpaired) electrons. The molecule has 1 fully saturated rings. The fraction of sp³-hybridized carbons (Fsp3) is 0.296. The SMILES string of the molecule is O=C(NCc1ccccc1CN1CCCCC1)c1ccc(Cn2nnc3ccccc32)cc1. The van der Waals surface area contributed by atoms with Crippen molar-refractivity contribution in [3.63, 3.8) is 0 Å². The van der Waals surface area contributed by atoms with Gasteiger partial charge in [-0.15, -0.1) is 5.10 Å². The van der Waals surface area contributed by atoms with E-state index in [-0.39, 0.29) is 5.91 Å². The Bertz CT molecular complexity index is 1220. The molecule has 1 saturated heterocycles. The van der Waals surface area contributed by atoms with Gasteiger partial charge in [0.1, 0.15) is 5.52 Å². The highest BCUT2D eigenvalue weighted by Gasteiger charge is 2.13. The van der Waals surface area contributed by atoms with Crippen LogP contribution in [0.4, 0.5) is 0 Å². The fourth-order valence-corrected chi connectivity index (χ4v) is 4.49. The molecule has 0 bridgehead atoms. The molecular formula is C27H29N5O. The minimum absolute atomic E-state index is 0.0551. The van der Waals surface area contributed by atoms with E-state index in [0.29, 0.717) is 18.7 Å². The van der Waals surface area contributed by atoms with Crippen LogP contribution in [0.3, 0.4) is 0 Å². The second-order valence-corrected chi connectivity index (χ2v) is 8.72. The predicted octanol–water partition coefficient (Wildman–Crippen LogP) is 4.40. The number of carbonyl (C=O) groups is 1. The van der Waals surface area contributed by atoms with Crippen molar-refractivity contribution < 1.29 is 4.79 Å². The number of amides is 1. The van der Waals surface area contributed by atoms with Crippen LogP contribution in [0.1, 0.15) is 46.3 Å². The van der Waals surface area contributed by atoms with E-state index in [2.05, 4.69) is 38.7 Å². The first-order valence-electron chi connectivity index (χ1n) is 11.7. The molecule has 168 valence electrons. The van der Waals surface area contributed by atoms with Crippen molar-refractivity contribution in [1.82, 2.24) is 25.2 Å². The van der Waals surface area contributed by atoms with Crippen LogP contribution >= 0.6 is 0 Å². The van der Waals surface area contributed by atoms with Gasteiger partial charge < -0.3 is 5.32 Å². The first-order chi connectivity index (χ1) is 16.3. The zero-order chi connectivity index (χ0) is 22.5. The van der Waals surface area contributed by atoms with Gasteiger partial charge in [-0.05, 0) is 66.9 Å². The third kappa shape index (κ3) is 5.12. The van der Waals surface area contributed by atoms with Crippen molar-refractivity contribution >= 4 is 16.9 Å². The highest BCUT2D eigenvalue weighted by molar-refractivity contribution is 5.94. The minimum atomic E-state index is -0.0551. The molecule has 0 unspecified atom stereocenters. The second-order valence-electron chi connectivity index (χ2n) is 8.72. The highest BCUT2D eigenvalue weighted by atomic mass is 16.1. The van der Waals surface area contributed by atoms with Crippen LogP contribution in [0.15, 0.2) is 72.8 Å². The lowest BCUT2D eigenvalue weighted by atomic mass is 10.0. The third-order valence-electron chi connectivity index (χ3n) is 6.37. The number of hydrogen-bond acceptors (Lipinski definition) is 4. The number of benzene rings is 3. The molecule has 5 rings (SSSR count). The summed E-state index contributed by atoms with van der Waals surface area (Å²) in [6, 6.07) is 24.1. The smallest absolute Gasteiger partial charge is 0.251 e. The van der Waals surface area contributed by atoms with Gasteiger partial charge in [0.05, 0.1) is 12.1 Å². The van der Waals surface area contributed by atoms with Crippen molar-refractivity contribution in [2.45, 2.75) is 38.9 Å². The summed E-state index contributed by atoms with van der Waals surface area (Å²) in [5.41, 5.74) is 6.11. The Kier molecular flexibility index (Phi) is 6.44. The summed E-state index contributed by atoms with van der Waals surface area (Å²) < 4.78 is 1.88. The zero-order valence-corrected chi connectivity index (χ0v) is 18.8. The van der Waals surface area contributed by atoms with Gasteiger partial charge in [-0.3, -0.25) is 9.69 Å². The molecule has 4 aromatic rings. The molecule has 6 nitrogen and oxygen atoms in total. The van der Waals surface area contributed by atoms with Gasteiger partial charge in [0.2, 0.25) is 0 Å². The predicted molar refractivity (Wildman–Crippen MR) is 130 cm³/mol. The van der Waals surface area contributed by atoms with Gasteiger partial charge in [0.25, 0.3) is 5.91 Å². The number of para-hydroxylation sites is 1. The number of carbonyl (C=O) groups excluding carboxylic acids is 1. The van der Waals surface area contributed by atoms with E-state index in [1.54, 1.807) is 0 Å². The Labute approximate surface area is 194 Å². The number of piperidine rings is 1. The average molecular weight is 440 g/mol. The standard InChI is InChI=1S/C27H29N5O/c33-27(28-18-23-8-2-3-9-24(23)20-31-16-6-1-7-17-31)22-14-12-21(13-15-22)19-32-26-11-5-4-10-25(26)29-30-32/h2-5,8-15H,1,6-7,16-20H2,(H,28,33). The van der Waals surface area contributed by atoms with Crippen molar-refractivity contribution in [1.29, 1.82) is 0 Å². The molecule has 1 amide bonds. The molecule has 33 heavy (non-hydrogen) atoms. The summed E-state index contributed by atoms with van der Waals surface area (Å²) >= 11 is 0. The Hall–Kier alpha value is -3.51. The Morgan fingerprint density at radius 1 is 0.818 bits per heavy atom. The quantitative estimate of drug-likeness (QED) is 0.464. The molecular weight excluding hydrogens is 410 g/mol. The summed E-state index contributed by atoms with van der Waals surface area (Å²) in [6.07, 6.45) is 3.90. The van der Waals surface area contributed by atoms with Gasteiger partial charge >= 0.3 is 0 Å². The molecule has 1 N–H and O–H groups in total. The molecule has 0 saturated carbocycles. The lowest BCUT2D eigenvalue weighted by molar-refractivity contribution is 0.0950. The monoisotopic (exact) mass is 439 g/mol. The molecule has 6 heteroatoms. The van der Waals surface area contributed by atoms with Crippen LogP contribution in [0.25, 0.3) is 11.0 Å². The fourth-order valence-electron chi connectivity index (χ4n) is 4.49. The van der Waals surface area contributed by atoms with Crippen LogP contribution in [-0.4, -0.2) is 38.9 Å². The van der Waals surface area contributed by atoms with Gasteiger partial charge in [0.15, 0.2) is 0 Å². The molecule has 3 aromatic carbocycles. The summed E-state index contributed by atoms with van der Waals surface area (Å²) in [5.74, 6) is -0.0551. The Morgan fingerprint density at radius 2 is 1.55 bits per heavy atom. The maximum absolute atomic E-state index is 12.8. The first kappa shape index (κ1) is 21.3. The minimum Gasteiger partial charge on any atom is -0.348 e. The molecule has 1 aliphatic rings. The summed E-state index contributed by atoms with van der Waals surface area (Å²) in [5, 5.41) is 11.5.